The van der Waals surface area contributed by atoms with Crippen molar-refractivity contribution in [2.75, 3.05) is 5.75 Å². The molecule has 0 fully saturated rings. The predicted molar refractivity (Wildman–Crippen MR) is 74.8 cm³/mol. The maximum absolute atomic E-state index is 2.34. The van der Waals surface area contributed by atoms with Crippen molar-refractivity contribution in [2.24, 2.45) is 5.41 Å². The molecule has 0 aromatic heterocycles. The summed E-state index contributed by atoms with van der Waals surface area (Å²) >= 11 is 2.10. The third-order valence-electron chi connectivity index (χ3n) is 2.36. The molecule has 0 nitrogen and oxygen atoms in total. The molecule has 0 aliphatic rings. The fourth-order valence-electron chi connectivity index (χ4n) is 1.49. The van der Waals surface area contributed by atoms with Crippen LogP contribution in [0.4, 0.5) is 0 Å². The van der Waals surface area contributed by atoms with Gasteiger partial charge in [-0.3, -0.25) is 0 Å². The van der Waals surface area contributed by atoms with E-state index in [0.717, 1.165) is 0 Å². The molecule has 0 aromatic carbocycles. The summed E-state index contributed by atoms with van der Waals surface area (Å²) in [5, 5.41) is 0. The summed E-state index contributed by atoms with van der Waals surface area (Å²) < 4.78 is 0.450. The van der Waals surface area contributed by atoms with Gasteiger partial charge in [-0.1, -0.05) is 60.8 Å². The van der Waals surface area contributed by atoms with Gasteiger partial charge < -0.3 is 0 Å². The van der Waals surface area contributed by atoms with Gasteiger partial charge in [0.05, 0.1) is 0 Å². The summed E-state index contributed by atoms with van der Waals surface area (Å²) in [6.45, 7) is 13.9. The highest BCUT2D eigenvalue weighted by atomic mass is 32.2. The maximum Gasteiger partial charge on any atom is 0.00750 e. The molecule has 92 valence electrons. The highest BCUT2D eigenvalue weighted by Gasteiger charge is 2.10. The summed E-state index contributed by atoms with van der Waals surface area (Å²) in [6.07, 6.45) is 7.01. The van der Waals surface area contributed by atoms with Crippen molar-refractivity contribution in [1.29, 1.82) is 0 Å². The van der Waals surface area contributed by atoms with Crippen LogP contribution in [0.25, 0.3) is 0 Å². The molecular weight excluding hydrogens is 200 g/mol. The van der Waals surface area contributed by atoms with Gasteiger partial charge in [0.15, 0.2) is 0 Å². The average Bonchev–Trinajstić information content (AvgIpc) is 1.98. The number of rotatable bonds is 6. The van der Waals surface area contributed by atoms with Gasteiger partial charge in [0.2, 0.25) is 0 Å². The van der Waals surface area contributed by atoms with E-state index in [0.29, 0.717) is 10.2 Å². The van der Waals surface area contributed by atoms with E-state index in [-0.39, 0.29) is 0 Å². The monoisotopic (exact) mass is 230 g/mol. The second-order valence-corrected chi connectivity index (χ2v) is 8.61. The minimum Gasteiger partial charge on any atom is -0.156 e. The first-order valence-corrected chi connectivity index (χ1v) is 7.33. The largest absolute Gasteiger partial charge is 0.156 e. The smallest absolute Gasteiger partial charge is 0.00750 e. The van der Waals surface area contributed by atoms with E-state index in [1.807, 2.05) is 0 Å². The van der Waals surface area contributed by atoms with Crippen LogP contribution in [0, 0.1) is 5.41 Å². The first kappa shape index (κ1) is 15.3. The van der Waals surface area contributed by atoms with Crippen LogP contribution in [-0.2, 0) is 0 Å². The van der Waals surface area contributed by atoms with Crippen LogP contribution in [0.1, 0.15) is 73.6 Å². The normalized spacial score (nSPS) is 13.2. The number of unbranched alkanes of at least 4 members (excludes halogenated alkanes) is 3. The van der Waals surface area contributed by atoms with Crippen LogP contribution in [0.3, 0.4) is 0 Å². The second kappa shape index (κ2) is 6.83. The minimum atomic E-state index is 0.450. The van der Waals surface area contributed by atoms with E-state index in [4.69, 9.17) is 0 Å². The van der Waals surface area contributed by atoms with Crippen LogP contribution in [0.5, 0.6) is 0 Å². The Balaban J connectivity index is 3.20. The van der Waals surface area contributed by atoms with Crippen LogP contribution in [-0.4, -0.2) is 10.5 Å². The highest BCUT2D eigenvalue weighted by Crippen LogP contribution is 2.25. The molecule has 0 heterocycles. The van der Waals surface area contributed by atoms with E-state index in [1.165, 1.54) is 37.9 Å². The predicted octanol–water partition coefficient (Wildman–Crippen LogP) is 5.51. The van der Waals surface area contributed by atoms with Gasteiger partial charge in [0.25, 0.3) is 0 Å². The molecule has 0 atom stereocenters. The lowest BCUT2D eigenvalue weighted by atomic mass is 9.89. The lowest BCUT2D eigenvalue weighted by Crippen LogP contribution is -2.08. The summed E-state index contributed by atoms with van der Waals surface area (Å²) in [4.78, 5) is 0. The van der Waals surface area contributed by atoms with Gasteiger partial charge in [-0.15, -0.1) is 0 Å². The van der Waals surface area contributed by atoms with Crippen molar-refractivity contribution in [2.45, 2.75) is 78.4 Å². The van der Waals surface area contributed by atoms with E-state index >= 15 is 0 Å². The Morgan fingerprint density at radius 2 is 1.27 bits per heavy atom. The standard InChI is InChI=1S/C14H30S/c1-13(2,3)11-9-7-8-10-12-15-14(4,5)6/h7-12H2,1-6H3. The molecule has 0 rings (SSSR count). The van der Waals surface area contributed by atoms with Gasteiger partial charge in [-0.25, -0.2) is 0 Å². The van der Waals surface area contributed by atoms with Crippen molar-refractivity contribution in [3.8, 4) is 0 Å². The highest BCUT2D eigenvalue weighted by molar-refractivity contribution is 8.00. The first-order chi connectivity index (χ1) is 6.71. The van der Waals surface area contributed by atoms with E-state index in [9.17, 15) is 0 Å². The van der Waals surface area contributed by atoms with E-state index < -0.39 is 0 Å². The molecule has 0 aromatic rings. The zero-order valence-electron chi connectivity index (χ0n) is 11.7. The molecule has 0 saturated carbocycles. The number of thioether (sulfide) groups is 1. The number of hydrogen-bond acceptors (Lipinski definition) is 1. The fraction of sp³-hybridized carbons (Fsp3) is 1.00. The maximum atomic E-state index is 2.34. The average molecular weight is 230 g/mol. The second-order valence-electron chi connectivity index (χ2n) is 6.69. The molecule has 0 spiro atoms. The summed E-state index contributed by atoms with van der Waals surface area (Å²) in [7, 11) is 0. The van der Waals surface area contributed by atoms with E-state index in [2.05, 4.69) is 53.3 Å². The third-order valence-corrected chi connectivity index (χ3v) is 3.72. The van der Waals surface area contributed by atoms with Gasteiger partial charge in [0, 0.05) is 4.75 Å². The molecule has 0 aliphatic heterocycles. The summed E-state index contributed by atoms with van der Waals surface area (Å²) in [5.74, 6) is 1.33. The quantitative estimate of drug-likeness (QED) is 0.542. The van der Waals surface area contributed by atoms with Crippen molar-refractivity contribution in [3.63, 3.8) is 0 Å². The van der Waals surface area contributed by atoms with Gasteiger partial charge in [-0.05, 0) is 24.0 Å². The van der Waals surface area contributed by atoms with Crippen molar-refractivity contribution in [3.05, 3.63) is 0 Å². The fourth-order valence-corrected chi connectivity index (χ4v) is 2.45. The molecule has 0 saturated heterocycles. The van der Waals surface area contributed by atoms with E-state index in [1.54, 1.807) is 0 Å². The van der Waals surface area contributed by atoms with Gasteiger partial charge >= 0.3 is 0 Å². The molecule has 0 aliphatic carbocycles. The van der Waals surface area contributed by atoms with Gasteiger partial charge in [0.1, 0.15) is 0 Å². The summed E-state index contributed by atoms with van der Waals surface area (Å²) in [6, 6.07) is 0. The Morgan fingerprint density at radius 1 is 0.733 bits per heavy atom. The topological polar surface area (TPSA) is 0 Å². The zero-order chi connectivity index (χ0) is 11.9. The number of hydrogen-bond donors (Lipinski definition) is 0. The lowest BCUT2D eigenvalue weighted by Gasteiger charge is -2.18. The van der Waals surface area contributed by atoms with Crippen LogP contribution in [0.15, 0.2) is 0 Å². The third kappa shape index (κ3) is 14.4. The lowest BCUT2D eigenvalue weighted by molar-refractivity contribution is 0.358. The minimum absolute atomic E-state index is 0.450. The molecule has 0 N–H and O–H groups in total. The molecule has 0 unspecified atom stereocenters. The molecule has 15 heavy (non-hydrogen) atoms. The summed E-state index contributed by atoms with van der Waals surface area (Å²) in [5.41, 5.74) is 0.528. The van der Waals surface area contributed by atoms with Crippen LogP contribution in [0.2, 0.25) is 0 Å². The Bertz CT molecular complexity index is 130. The first-order valence-electron chi connectivity index (χ1n) is 6.35. The van der Waals surface area contributed by atoms with Crippen molar-refractivity contribution in [1.82, 2.24) is 0 Å². The Hall–Kier alpha value is 0.350. The van der Waals surface area contributed by atoms with Crippen LogP contribution >= 0.6 is 11.8 Å². The molecular formula is C14H30S. The Kier molecular flexibility index (Phi) is 6.99. The zero-order valence-corrected chi connectivity index (χ0v) is 12.5. The van der Waals surface area contributed by atoms with Gasteiger partial charge in [-0.2, -0.15) is 11.8 Å². The SMILES string of the molecule is CC(C)(C)CCCCCCSC(C)(C)C. The molecule has 0 bridgehead atoms. The molecule has 1 heteroatoms. The van der Waals surface area contributed by atoms with Crippen LogP contribution < -0.4 is 0 Å². The van der Waals surface area contributed by atoms with Crippen molar-refractivity contribution >= 4 is 11.8 Å². The Labute approximate surface area is 102 Å². The Morgan fingerprint density at radius 3 is 1.73 bits per heavy atom. The van der Waals surface area contributed by atoms with Crippen molar-refractivity contribution < 1.29 is 0 Å². The molecule has 0 amide bonds. The molecule has 0 radical (unpaired) electrons.